The van der Waals surface area contributed by atoms with Crippen molar-refractivity contribution >= 4 is 17.7 Å². The zero-order chi connectivity index (χ0) is 15.8. The summed E-state index contributed by atoms with van der Waals surface area (Å²) >= 11 is 0. The highest BCUT2D eigenvalue weighted by Gasteiger charge is 2.73. The zero-order valence-electron chi connectivity index (χ0n) is 12.4. The van der Waals surface area contributed by atoms with Crippen LogP contribution >= 0.6 is 0 Å². The lowest BCUT2D eigenvalue weighted by Gasteiger charge is -2.21. The molecule has 4 atom stereocenters. The van der Waals surface area contributed by atoms with E-state index in [1.807, 2.05) is 6.07 Å². The second-order valence-electron chi connectivity index (χ2n) is 7.04. The maximum atomic E-state index is 12.7. The highest BCUT2D eigenvalue weighted by atomic mass is 16.2. The van der Waals surface area contributed by atoms with Gasteiger partial charge in [0, 0.05) is 5.56 Å². The van der Waals surface area contributed by atoms with Crippen LogP contribution in [0.3, 0.4) is 0 Å². The molecule has 116 valence electrons. The van der Waals surface area contributed by atoms with Gasteiger partial charge < -0.3 is 0 Å². The molecule has 3 fully saturated rings. The largest absolute Gasteiger partial charge is 0.272 e. The first-order valence-electron chi connectivity index (χ1n) is 8.06. The summed E-state index contributed by atoms with van der Waals surface area (Å²) in [4.78, 5) is 37.7. The average molecular weight is 308 g/mol. The van der Waals surface area contributed by atoms with E-state index in [4.69, 9.17) is 0 Å². The summed E-state index contributed by atoms with van der Waals surface area (Å²) in [6, 6.07) is 8.62. The van der Waals surface area contributed by atoms with Crippen molar-refractivity contribution in [3.63, 3.8) is 0 Å². The molecule has 23 heavy (non-hydrogen) atoms. The van der Waals surface area contributed by atoms with E-state index in [0.29, 0.717) is 5.56 Å². The van der Waals surface area contributed by atoms with Gasteiger partial charge in [0.2, 0.25) is 0 Å². The number of hydrogen-bond acceptors (Lipinski definition) is 3. The normalized spacial score (nSPS) is 35.0. The zero-order valence-corrected chi connectivity index (χ0v) is 12.4. The lowest BCUT2D eigenvalue weighted by Crippen LogP contribution is -2.47. The maximum Gasteiger partial charge on any atom is 0.270 e. The molecule has 5 heteroatoms. The number of nitrogens with zero attached hydrogens (tertiary/aromatic N) is 1. The van der Waals surface area contributed by atoms with Crippen molar-refractivity contribution < 1.29 is 14.4 Å². The Hall–Kier alpha value is -2.43. The van der Waals surface area contributed by atoms with Crippen molar-refractivity contribution in [2.45, 2.75) is 12.8 Å². The van der Waals surface area contributed by atoms with Gasteiger partial charge in [-0.1, -0.05) is 30.4 Å². The van der Waals surface area contributed by atoms with Crippen LogP contribution in [-0.4, -0.2) is 22.7 Å². The summed E-state index contributed by atoms with van der Waals surface area (Å²) in [5.74, 6) is -1.12. The summed E-state index contributed by atoms with van der Waals surface area (Å²) in [7, 11) is 0. The number of hydrogen-bond donors (Lipinski definition) is 1. The Bertz CT molecular complexity index is 732. The summed E-state index contributed by atoms with van der Waals surface area (Å²) in [6.45, 7) is 0. The molecule has 5 nitrogen and oxygen atoms in total. The van der Waals surface area contributed by atoms with Gasteiger partial charge in [0.25, 0.3) is 17.7 Å². The third-order valence-corrected chi connectivity index (χ3v) is 6.10. The molecule has 1 aromatic rings. The SMILES string of the molecule is O=C(NN1C(=O)C2C3C=CC([C@H]2C1=O)C31CC1)c1ccccc1. The topological polar surface area (TPSA) is 66.5 Å². The van der Waals surface area contributed by atoms with E-state index in [1.165, 1.54) is 0 Å². The van der Waals surface area contributed by atoms with Crippen LogP contribution in [0.2, 0.25) is 0 Å². The van der Waals surface area contributed by atoms with Crippen molar-refractivity contribution in [2.75, 3.05) is 0 Å². The Labute approximate surface area is 133 Å². The minimum absolute atomic E-state index is 0.174. The van der Waals surface area contributed by atoms with E-state index in [1.54, 1.807) is 24.3 Å². The number of allylic oxidation sites excluding steroid dienone is 2. The molecule has 2 bridgehead atoms. The van der Waals surface area contributed by atoms with Crippen LogP contribution in [-0.2, 0) is 9.59 Å². The average Bonchev–Trinajstić information content (AvgIpc) is 3.18. The number of rotatable bonds is 2. The molecule has 1 aliphatic heterocycles. The third kappa shape index (κ3) is 1.49. The minimum Gasteiger partial charge on any atom is -0.272 e. The van der Waals surface area contributed by atoms with Crippen molar-refractivity contribution in [1.29, 1.82) is 0 Å². The van der Waals surface area contributed by atoms with E-state index in [0.717, 1.165) is 17.9 Å². The van der Waals surface area contributed by atoms with Gasteiger partial charge in [-0.15, -0.1) is 0 Å². The molecule has 1 heterocycles. The van der Waals surface area contributed by atoms with Gasteiger partial charge >= 0.3 is 0 Å². The number of amides is 3. The van der Waals surface area contributed by atoms with E-state index in [2.05, 4.69) is 17.6 Å². The second-order valence-corrected chi connectivity index (χ2v) is 7.04. The Kier molecular flexibility index (Phi) is 2.33. The van der Waals surface area contributed by atoms with E-state index in [9.17, 15) is 14.4 Å². The van der Waals surface area contributed by atoms with Gasteiger partial charge in [-0.25, -0.2) is 0 Å². The monoisotopic (exact) mass is 308 g/mol. The van der Waals surface area contributed by atoms with Crippen molar-refractivity contribution in [2.24, 2.45) is 29.1 Å². The first-order valence-corrected chi connectivity index (χ1v) is 8.06. The number of imide groups is 1. The first kappa shape index (κ1) is 13.0. The molecule has 3 amide bonds. The molecular formula is C18H16N2O3. The van der Waals surface area contributed by atoms with Crippen molar-refractivity contribution in [3.05, 3.63) is 48.0 Å². The van der Waals surface area contributed by atoms with Gasteiger partial charge in [0.15, 0.2) is 0 Å². The molecule has 3 aliphatic carbocycles. The number of carbonyl (C=O) groups is 3. The number of benzene rings is 1. The van der Waals surface area contributed by atoms with Crippen LogP contribution < -0.4 is 5.43 Å². The lowest BCUT2D eigenvalue weighted by molar-refractivity contribution is -0.144. The van der Waals surface area contributed by atoms with E-state index >= 15 is 0 Å². The molecule has 4 aliphatic rings. The molecule has 5 rings (SSSR count). The lowest BCUT2D eigenvalue weighted by atomic mass is 9.85. The number of nitrogens with one attached hydrogen (secondary N) is 1. The van der Waals surface area contributed by atoms with Gasteiger partial charge in [-0.3, -0.25) is 19.8 Å². The Morgan fingerprint density at radius 2 is 1.57 bits per heavy atom. The molecule has 0 aromatic heterocycles. The fourth-order valence-corrected chi connectivity index (χ4v) is 4.94. The molecule has 1 aromatic carbocycles. The smallest absolute Gasteiger partial charge is 0.270 e. The molecule has 3 unspecified atom stereocenters. The minimum atomic E-state index is -0.422. The highest BCUT2D eigenvalue weighted by Crippen LogP contribution is 2.73. The van der Waals surface area contributed by atoms with Crippen LogP contribution in [0, 0.1) is 29.1 Å². The Morgan fingerprint density at radius 3 is 2.09 bits per heavy atom. The van der Waals surface area contributed by atoms with Crippen molar-refractivity contribution in [1.82, 2.24) is 10.4 Å². The van der Waals surface area contributed by atoms with Crippen LogP contribution in [0.25, 0.3) is 0 Å². The molecular weight excluding hydrogens is 292 g/mol. The van der Waals surface area contributed by atoms with Crippen LogP contribution in [0.4, 0.5) is 0 Å². The Balaban J connectivity index is 1.42. The highest BCUT2D eigenvalue weighted by molar-refractivity contribution is 6.09. The quantitative estimate of drug-likeness (QED) is 0.665. The summed E-state index contributed by atoms with van der Waals surface area (Å²) < 4.78 is 0. The predicted octanol–water partition coefficient (Wildman–Crippen LogP) is 1.53. The molecule has 2 saturated carbocycles. The predicted molar refractivity (Wildman–Crippen MR) is 80.5 cm³/mol. The third-order valence-electron chi connectivity index (χ3n) is 6.10. The fourth-order valence-electron chi connectivity index (χ4n) is 4.94. The fraction of sp³-hybridized carbons (Fsp3) is 0.389. The Morgan fingerprint density at radius 1 is 1.00 bits per heavy atom. The van der Waals surface area contributed by atoms with E-state index < -0.39 is 5.91 Å². The van der Waals surface area contributed by atoms with Gasteiger partial charge in [-0.05, 0) is 42.2 Å². The van der Waals surface area contributed by atoms with Crippen molar-refractivity contribution in [3.8, 4) is 0 Å². The standard InChI is InChI=1S/C18H16N2O3/c21-15(10-4-2-1-3-5-10)19-20-16(22)13-11-6-7-12(14(13)17(20)23)18(11)8-9-18/h1-7,11-14H,8-9H2,(H,19,21)/t11?,12?,13-,14?/m1/s1. The maximum absolute atomic E-state index is 12.7. The van der Waals surface area contributed by atoms with Crippen LogP contribution in [0.15, 0.2) is 42.5 Å². The summed E-state index contributed by atoms with van der Waals surface area (Å²) in [6.07, 6.45) is 6.46. The summed E-state index contributed by atoms with van der Waals surface area (Å²) in [5, 5.41) is 0.965. The summed E-state index contributed by atoms with van der Waals surface area (Å²) in [5.41, 5.74) is 3.12. The molecule has 1 saturated heterocycles. The van der Waals surface area contributed by atoms with Gasteiger partial charge in [0.05, 0.1) is 11.8 Å². The first-order chi connectivity index (χ1) is 11.1. The van der Waals surface area contributed by atoms with Crippen LogP contribution in [0.1, 0.15) is 23.2 Å². The van der Waals surface area contributed by atoms with Gasteiger partial charge in [-0.2, -0.15) is 5.01 Å². The number of hydrazine groups is 1. The molecule has 0 radical (unpaired) electrons. The van der Waals surface area contributed by atoms with Gasteiger partial charge in [0.1, 0.15) is 0 Å². The van der Waals surface area contributed by atoms with Crippen LogP contribution in [0.5, 0.6) is 0 Å². The molecule has 1 N–H and O–H groups in total. The number of carbonyl (C=O) groups excluding carboxylic acids is 3. The van der Waals surface area contributed by atoms with E-state index in [-0.39, 0.29) is 40.9 Å². The second kappa shape index (κ2) is 4.10. The number of fused-ring (bicyclic) bond motifs is 3. The molecule has 1 spiro atoms.